The van der Waals surface area contributed by atoms with Gasteiger partial charge in [0, 0.05) is 29.4 Å². The number of carbonyl (C=O) groups is 1. The second-order valence-corrected chi connectivity index (χ2v) is 13.0. The molecule has 1 N–H and O–H groups in total. The molecule has 1 fully saturated rings. The Morgan fingerprint density at radius 1 is 0.955 bits per heavy atom. The van der Waals surface area contributed by atoms with Gasteiger partial charge in [0.2, 0.25) is 0 Å². The van der Waals surface area contributed by atoms with Crippen LogP contribution < -0.4 is 10.1 Å². The molecule has 0 saturated heterocycles. The summed E-state index contributed by atoms with van der Waals surface area (Å²) in [5.41, 5.74) is 10.3. The van der Waals surface area contributed by atoms with Gasteiger partial charge in [-0.05, 0) is 134 Å². The van der Waals surface area contributed by atoms with E-state index >= 15 is 0 Å². The largest absolute Gasteiger partial charge is 0.493 e. The maximum atomic E-state index is 13.7. The number of amides is 1. The standard InChI is InChI=1S/C39H43FN2O2/c1-24-19-33-21-32(29-7-9-30(10-8-29)39(43)42-35-14-15-35)11-16-38(33)44-18-17-31(24)22-37-36(20-28-5-12-34(40)13-6-28)27(4)26(3)25(2)23-41-37/h5-13,16,21,23-25,31,35H,14-15,17-20,22H2,1-4H3,(H,42,43). The van der Waals surface area contributed by atoms with E-state index in [1.807, 2.05) is 36.4 Å². The minimum atomic E-state index is -0.209. The molecule has 3 aliphatic rings. The van der Waals surface area contributed by atoms with Gasteiger partial charge in [0.25, 0.3) is 5.91 Å². The smallest absolute Gasteiger partial charge is 0.251 e. The molecule has 3 aromatic rings. The van der Waals surface area contributed by atoms with Gasteiger partial charge in [-0.3, -0.25) is 9.79 Å². The minimum Gasteiger partial charge on any atom is -0.493 e. The van der Waals surface area contributed by atoms with Crippen LogP contribution in [0.4, 0.5) is 4.39 Å². The number of hydrogen-bond donors (Lipinski definition) is 1. The van der Waals surface area contributed by atoms with Gasteiger partial charge in [-0.15, -0.1) is 0 Å². The van der Waals surface area contributed by atoms with Crippen LogP contribution in [0.1, 0.15) is 74.9 Å². The van der Waals surface area contributed by atoms with E-state index in [0.29, 0.717) is 30.0 Å². The van der Waals surface area contributed by atoms with E-state index in [1.165, 1.54) is 22.3 Å². The van der Waals surface area contributed by atoms with Crippen molar-refractivity contribution >= 4 is 12.1 Å². The number of rotatable bonds is 7. The summed E-state index contributed by atoms with van der Waals surface area (Å²) in [6, 6.07) is 21.6. The molecular weight excluding hydrogens is 547 g/mol. The molecule has 44 heavy (non-hydrogen) atoms. The third-order valence-electron chi connectivity index (χ3n) is 9.83. The van der Waals surface area contributed by atoms with Crippen molar-refractivity contribution in [2.45, 2.75) is 72.3 Å². The van der Waals surface area contributed by atoms with Crippen LogP contribution in [-0.4, -0.2) is 24.8 Å². The van der Waals surface area contributed by atoms with E-state index in [9.17, 15) is 9.18 Å². The van der Waals surface area contributed by atoms with Crippen molar-refractivity contribution < 1.29 is 13.9 Å². The van der Waals surface area contributed by atoms with Crippen LogP contribution in [0.25, 0.3) is 11.1 Å². The van der Waals surface area contributed by atoms with E-state index in [0.717, 1.165) is 66.7 Å². The minimum absolute atomic E-state index is 0.00902. The first kappa shape index (κ1) is 30.1. The Labute approximate surface area is 261 Å². The number of aliphatic imine (C=N–C) groups is 1. The highest BCUT2D eigenvalue weighted by molar-refractivity contribution is 5.95. The predicted octanol–water partition coefficient (Wildman–Crippen LogP) is 8.91. The zero-order valence-corrected chi connectivity index (χ0v) is 26.3. The molecular formula is C39H43FN2O2. The second kappa shape index (κ2) is 12.9. The van der Waals surface area contributed by atoms with Crippen molar-refractivity contribution in [1.82, 2.24) is 5.32 Å². The summed E-state index contributed by atoms with van der Waals surface area (Å²) in [7, 11) is 0. The number of hydrogen-bond acceptors (Lipinski definition) is 3. The number of ether oxygens (including phenoxy) is 1. The zero-order valence-electron chi connectivity index (χ0n) is 26.3. The number of allylic oxidation sites excluding steroid dienone is 4. The average Bonchev–Trinajstić information content (AvgIpc) is 3.85. The fraction of sp³-hybridized carbons (Fsp3) is 0.385. The summed E-state index contributed by atoms with van der Waals surface area (Å²) in [6.45, 7) is 9.65. The van der Waals surface area contributed by atoms with Crippen molar-refractivity contribution in [2.24, 2.45) is 22.7 Å². The summed E-state index contributed by atoms with van der Waals surface area (Å²) in [5, 5.41) is 3.06. The van der Waals surface area contributed by atoms with Gasteiger partial charge in [-0.2, -0.15) is 0 Å². The topological polar surface area (TPSA) is 50.7 Å². The highest BCUT2D eigenvalue weighted by Gasteiger charge is 2.27. The lowest BCUT2D eigenvalue weighted by atomic mass is 9.80. The first-order chi connectivity index (χ1) is 21.2. The van der Waals surface area contributed by atoms with Crippen molar-refractivity contribution in [2.75, 3.05) is 6.61 Å². The fourth-order valence-electron chi connectivity index (χ4n) is 6.44. The lowest BCUT2D eigenvalue weighted by Crippen LogP contribution is -2.25. The van der Waals surface area contributed by atoms with E-state index in [1.54, 1.807) is 12.1 Å². The molecule has 1 saturated carbocycles. The van der Waals surface area contributed by atoms with Crippen LogP contribution in [0.3, 0.4) is 0 Å². The number of benzene rings is 3. The normalized spacial score (nSPS) is 22.1. The second-order valence-electron chi connectivity index (χ2n) is 13.0. The summed E-state index contributed by atoms with van der Waals surface area (Å²) in [5.74, 6) is 1.89. The van der Waals surface area contributed by atoms with Gasteiger partial charge < -0.3 is 10.1 Å². The molecule has 2 aliphatic heterocycles. The Kier molecular flexibility index (Phi) is 8.83. The van der Waals surface area contributed by atoms with Gasteiger partial charge in [0.15, 0.2) is 0 Å². The molecule has 0 aromatic heterocycles. The van der Waals surface area contributed by atoms with Crippen LogP contribution in [-0.2, 0) is 12.8 Å². The molecule has 6 rings (SSSR count). The molecule has 3 unspecified atom stereocenters. The van der Waals surface area contributed by atoms with Crippen molar-refractivity contribution in [1.29, 1.82) is 0 Å². The molecule has 0 bridgehead atoms. The molecule has 5 heteroatoms. The van der Waals surface area contributed by atoms with Gasteiger partial charge in [-0.25, -0.2) is 4.39 Å². The first-order valence-corrected chi connectivity index (χ1v) is 16.1. The van der Waals surface area contributed by atoms with Crippen LogP contribution in [0.2, 0.25) is 0 Å². The number of fused-ring (bicyclic) bond motifs is 1. The number of nitrogens with one attached hydrogen (secondary N) is 1. The number of carbonyl (C=O) groups excluding carboxylic acids is 1. The molecule has 228 valence electrons. The third kappa shape index (κ3) is 6.88. The molecule has 0 radical (unpaired) electrons. The Morgan fingerprint density at radius 2 is 1.68 bits per heavy atom. The van der Waals surface area contributed by atoms with Crippen molar-refractivity contribution in [3.63, 3.8) is 0 Å². The zero-order chi connectivity index (χ0) is 30.8. The van der Waals surface area contributed by atoms with Gasteiger partial charge in [0.1, 0.15) is 11.6 Å². The van der Waals surface area contributed by atoms with Crippen molar-refractivity contribution in [3.8, 4) is 16.9 Å². The molecule has 2 heterocycles. The highest BCUT2D eigenvalue weighted by atomic mass is 19.1. The van der Waals surface area contributed by atoms with Gasteiger partial charge in [-0.1, -0.05) is 49.8 Å². The van der Waals surface area contributed by atoms with Crippen LogP contribution in [0.15, 0.2) is 94.1 Å². The molecule has 4 nitrogen and oxygen atoms in total. The SMILES string of the molecule is CC1=C(C)C(C)C=NC(CC2CCOc3ccc(-c4ccc(C(=O)NC5CC5)cc4)cc3CC2C)=C1Cc1ccc(F)cc1. The Morgan fingerprint density at radius 3 is 2.41 bits per heavy atom. The number of halogens is 1. The molecule has 1 aliphatic carbocycles. The summed E-state index contributed by atoms with van der Waals surface area (Å²) >= 11 is 0. The molecule has 0 spiro atoms. The van der Waals surface area contributed by atoms with E-state index in [2.05, 4.69) is 57.4 Å². The maximum Gasteiger partial charge on any atom is 0.251 e. The Balaban J connectivity index is 1.22. The van der Waals surface area contributed by atoms with Crippen LogP contribution in [0, 0.1) is 23.6 Å². The fourth-order valence-corrected chi connectivity index (χ4v) is 6.44. The Hall–Kier alpha value is -3.99. The lowest BCUT2D eigenvalue weighted by molar-refractivity contribution is 0.0951. The predicted molar refractivity (Wildman–Crippen MR) is 177 cm³/mol. The average molecular weight is 591 g/mol. The number of nitrogens with zero attached hydrogens (tertiary/aromatic N) is 1. The Bertz CT molecular complexity index is 1610. The molecule has 3 atom stereocenters. The lowest BCUT2D eigenvalue weighted by Gasteiger charge is -2.29. The maximum absolute atomic E-state index is 13.7. The summed E-state index contributed by atoms with van der Waals surface area (Å²) in [4.78, 5) is 17.5. The van der Waals surface area contributed by atoms with Gasteiger partial charge >= 0.3 is 0 Å². The van der Waals surface area contributed by atoms with E-state index < -0.39 is 0 Å². The third-order valence-corrected chi connectivity index (χ3v) is 9.83. The first-order valence-electron chi connectivity index (χ1n) is 16.1. The van der Waals surface area contributed by atoms with E-state index in [-0.39, 0.29) is 17.6 Å². The quantitative estimate of drug-likeness (QED) is 0.299. The summed E-state index contributed by atoms with van der Waals surface area (Å²) in [6.07, 6.45) is 7.77. The summed E-state index contributed by atoms with van der Waals surface area (Å²) < 4.78 is 20.0. The molecule has 1 amide bonds. The van der Waals surface area contributed by atoms with Gasteiger partial charge in [0.05, 0.1) is 6.61 Å². The van der Waals surface area contributed by atoms with Crippen LogP contribution >= 0.6 is 0 Å². The highest BCUT2D eigenvalue weighted by Crippen LogP contribution is 2.38. The van der Waals surface area contributed by atoms with Crippen LogP contribution in [0.5, 0.6) is 5.75 Å². The van der Waals surface area contributed by atoms with Crippen molar-refractivity contribution in [3.05, 3.63) is 112 Å². The molecule has 3 aromatic carbocycles. The monoisotopic (exact) mass is 590 g/mol. The van der Waals surface area contributed by atoms with E-state index in [4.69, 9.17) is 9.73 Å².